The smallest absolute Gasteiger partial charge is 0.242 e. The highest BCUT2D eigenvalue weighted by atomic mass is 35.5. The zero-order chi connectivity index (χ0) is 20.4. The summed E-state index contributed by atoms with van der Waals surface area (Å²) in [5.74, 6) is 0.712. The number of thioether (sulfide) groups is 1. The van der Waals surface area contributed by atoms with Crippen molar-refractivity contribution in [3.05, 3.63) is 65.2 Å². The summed E-state index contributed by atoms with van der Waals surface area (Å²) in [5, 5.41) is 3.53. The lowest BCUT2D eigenvalue weighted by atomic mass is 10.1. The van der Waals surface area contributed by atoms with E-state index in [0.717, 1.165) is 27.7 Å². The number of nitrogens with zero attached hydrogens (tertiary/aromatic N) is 1. The quantitative estimate of drug-likeness (QED) is 0.446. The topological polar surface area (TPSA) is 49.4 Å². The molecule has 150 valence electrons. The molecule has 0 aliphatic heterocycles. The Labute approximate surface area is 176 Å². The van der Waals surface area contributed by atoms with E-state index < -0.39 is 6.04 Å². The lowest BCUT2D eigenvalue weighted by molar-refractivity contribution is -0.140. The van der Waals surface area contributed by atoms with Gasteiger partial charge in [0.25, 0.3) is 0 Å². The van der Waals surface area contributed by atoms with Crippen molar-refractivity contribution in [3.63, 3.8) is 0 Å². The van der Waals surface area contributed by atoms with Gasteiger partial charge >= 0.3 is 0 Å². The summed E-state index contributed by atoms with van der Waals surface area (Å²) in [7, 11) is 0. The van der Waals surface area contributed by atoms with Crippen molar-refractivity contribution in [2.45, 2.75) is 44.2 Å². The van der Waals surface area contributed by atoms with Crippen molar-refractivity contribution in [1.82, 2.24) is 10.2 Å². The lowest BCUT2D eigenvalue weighted by Gasteiger charge is -2.28. The van der Waals surface area contributed by atoms with Crippen LogP contribution in [0.2, 0.25) is 5.02 Å². The van der Waals surface area contributed by atoms with Crippen LogP contribution in [0, 0.1) is 0 Å². The molecule has 4 nitrogen and oxygen atoms in total. The monoisotopic (exact) mass is 418 g/mol. The van der Waals surface area contributed by atoms with Gasteiger partial charge in [-0.3, -0.25) is 9.59 Å². The fourth-order valence-corrected chi connectivity index (χ4v) is 3.75. The number of amides is 2. The van der Waals surface area contributed by atoms with E-state index in [4.69, 9.17) is 11.6 Å². The molecular weight excluding hydrogens is 392 g/mol. The largest absolute Gasteiger partial charge is 0.355 e. The highest BCUT2D eigenvalue weighted by molar-refractivity contribution is 7.99. The zero-order valence-corrected chi connectivity index (χ0v) is 17.9. The molecule has 0 saturated carbocycles. The van der Waals surface area contributed by atoms with Crippen LogP contribution >= 0.6 is 23.4 Å². The molecular formula is C22H27ClN2O2S. The Morgan fingerprint density at radius 3 is 2.43 bits per heavy atom. The van der Waals surface area contributed by atoms with Gasteiger partial charge in [0, 0.05) is 29.4 Å². The number of hydrogen-bond donors (Lipinski definition) is 1. The van der Waals surface area contributed by atoms with Crippen molar-refractivity contribution in [2.24, 2.45) is 0 Å². The van der Waals surface area contributed by atoms with Crippen LogP contribution in [0.15, 0.2) is 59.5 Å². The second-order valence-corrected chi connectivity index (χ2v) is 8.09. The minimum absolute atomic E-state index is 0.000637. The molecule has 0 radical (unpaired) electrons. The minimum Gasteiger partial charge on any atom is -0.355 e. The molecule has 2 aromatic rings. The number of likely N-dealkylation sites (N-methyl/N-ethyl adjacent to an activating group) is 1. The summed E-state index contributed by atoms with van der Waals surface area (Å²) in [6, 6.07) is 17.0. The summed E-state index contributed by atoms with van der Waals surface area (Å²) in [5.41, 5.74) is 1.02. The van der Waals surface area contributed by atoms with Gasteiger partial charge in [-0.15, -0.1) is 11.8 Å². The third-order valence-corrected chi connectivity index (χ3v) is 5.68. The first-order valence-electron chi connectivity index (χ1n) is 9.50. The Hall–Kier alpha value is -1.98. The zero-order valence-electron chi connectivity index (χ0n) is 16.4. The van der Waals surface area contributed by atoms with E-state index in [2.05, 4.69) is 5.32 Å². The molecule has 0 fully saturated rings. The summed E-state index contributed by atoms with van der Waals surface area (Å²) in [4.78, 5) is 28.0. The fourth-order valence-electron chi connectivity index (χ4n) is 2.77. The van der Waals surface area contributed by atoms with Crippen LogP contribution in [-0.4, -0.2) is 35.1 Å². The Bertz CT molecular complexity index is 753. The maximum Gasteiger partial charge on any atom is 0.242 e. The van der Waals surface area contributed by atoms with Crippen LogP contribution in [0.5, 0.6) is 0 Å². The summed E-state index contributed by atoms with van der Waals surface area (Å²) in [6.07, 6.45) is 1.16. The van der Waals surface area contributed by atoms with Crippen molar-refractivity contribution in [3.8, 4) is 0 Å². The first kappa shape index (κ1) is 22.3. The Balaban J connectivity index is 1.93. The van der Waals surface area contributed by atoms with Gasteiger partial charge in [0.2, 0.25) is 11.8 Å². The number of benzene rings is 2. The molecule has 2 amide bonds. The Morgan fingerprint density at radius 1 is 1.11 bits per heavy atom. The highest BCUT2D eigenvalue weighted by Crippen LogP contribution is 2.22. The number of halogens is 1. The molecule has 0 aromatic heterocycles. The maximum absolute atomic E-state index is 12.9. The van der Waals surface area contributed by atoms with Gasteiger partial charge in [-0.2, -0.15) is 0 Å². The summed E-state index contributed by atoms with van der Waals surface area (Å²) >= 11 is 7.60. The second-order valence-electron chi connectivity index (χ2n) is 6.48. The third-order valence-electron chi connectivity index (χ3n) is 4.33. The minimum atomic E-state index is -0.503. The summed E-state index contributed by atoms with van der Waals surface area (Å²) < 4.78 is 0. The van der Waals surface area contributed by atoms with Crippen LogP contribution in [0.3, 0.4) is 0 Å². The predicted octanol–water partition coefficient (Wildman–Crippen LogP) is 4.77. The van der Waals surface area contributed by atoms with Crippen LogP contribution < -0.4 is 5.32 Å². The molecule has 0 saturated heterocycles. The van der Waals surface area contributed by atoms with E-state index >= 15 is 0 Å². The van der Waals surface area contributed by atoms with E-state index in [1.54, 1.807) is 23.6 Å². The molecule has 2 rings (SSSR count). The molecule has 0 spiro atoms. The average molecular weight is 419 g/mol. The normalized spacial score (nSPS) is 11.7. The van der Waals surface area contributed by atoms with Gasteiger partial charge in [0.05, 0.1) is 0 Å². The van der Waals surface area contributed by atoms with E-state index in [-0.39, 0.29) is 11.8 Å². The van der Waals surface area contributed by atoms with Crippen LogP contribution in [0.1, 0.15) is 32.3 Å². The molecule has 0 aliphatic rings. The molecule has 1 N–H and O–H groups in total. The molecule has 0 unspecified atom stereocenters. The van der Waals surface area contributed by atoms with Crippen molar-refractivity contribution < 1.29 is 9.59 Å². The van der Waals surface area contributed by atoms with Gasteiger partial charge in [0.1, 0.15) is 6.04 Å². The maximum atomic E-state index is 12.9. The second kappa shape index (κ2) is 11.8. The Kier molecular flexibility index (Phi) is 9.38. The number of rotatable bonds is 10. The predicted molar refractivity (Wildman–Crippen MR) is 117 cm³/mol. The average Bonchev–Trinajstić information content (AvgIpc) is 2.71. The lowest BCUT2D eigenvalue weighted by Crippen LogP contribution is -2.47. The van der Waals surface area contributed by atoms with Crippen LogP contribution in [-0.2, 0) is 16.1 Å². The van der Waals surface area contributed by atoms with Crippen LogP contribution in [0.25, 0.3) is 0 Å². The van der Waals surface area contributed by atoms with Crippen molar-refractivity contribution in [2.75, 3.05) is 12.3 Å². The Morgan fingerprint density at radius 2 is 1.79 bits per heavy atom. The third kappa shape index (κ3) is 7.21. The standard InChI is InChI=1S/C22H27ClN2O2S/c1-3-24-22(27)17(2)25(16-18-8-5-4-6-9-18)21(26)10-7-15-28-20-13-11-19(23)12-14-20/h4-6,8-9,11-14,17H,3,7,10,15-16H2,1-2H3,(H,24,27)/t17-/m0/s1. The molecule has 1 atom stereocenters. The molecule has 0 aliphatic carbocycles. The number of carbonyl (C=O) groups excluding carboxylic acids is 2. The van der Waals surface area contributed by atoms with Crippen LogP contribution in [0.4, 0.5) is 0 Å². The first-order chi connectivity index (χ1) is 13.5. The number of nitrogens with one attached hydrogen (secondary N) is 1. The number of hydrogen-bond acceptors (Lipinski definition) is 3. The van der Waals surface area contributed by atoms with Gasteiger partial charge < -0.3 is 10.2 Å². The fraction of sp³-hybridized carbons (Fsp3) is 0.364. The SMILES string of the molecule is CCNC(=O)[C@H](C)N(Cc1ccccc1)C(=O)CCCSc1ccc(Cl)cc1. The molecule has 2 aromatic carbocycles. The molecule has 28 heavy (non-hydrogen) atoms. The first-order valence-corrected chi connectivity index (χ1v) is 10.9. The van der Waals surface area contributed by atoms with Crippen molar-refractivity contribution >= 4 is 35.2 Å². The van der Waals surface area contributed by atoms with Gasteiger partial charge in [-0.05, 0) is 55.9 Å². The van der Waals surface area contributed by atoms with E-state index in [1.807, 2.05) is 61.5 Å². The van der Waals surface area contributed by atoms with E-state index in [9.17, 15) is 9.59 Å². The van der Waals surface area contributed by atoms with Crippen molar-refractivity contribution in [1.29, 1.82) is 0 Å². The van der Waals surface area contributed by atoms with Gasteiger partial charge in [0.15, 0.2) is 0 Å². The highest BCUT2D eigenvalue weighted by Gasteiger charge is 2.25. The van der Waals surface area contributed by atoms with Gasteiger partial charge in [-0.25, -0.2) is 0 Å². The summed E-state index contributed by atoms with van der Waals surface area (Å²) in [6.45, 7) is 4.65. The van der Waals surface area contributed by atoms with E-state index in [1.165, 1.54) is 0 Å². The molecule has 6 heteroatoms. The van der Waals surface area contributed by atoms with E-state index in [0.29, 0.717) is 19.5 Å². The number of carbonyl (C=O) groups is 2. The molecule has 0 bridgehead atoms. The molecule has 0 heterocycles. The van der Waals surface area contributed by atoms with Gasteiger partial charge in [-0.1, -0.05) is 41.9 Å².